The summed E-state index contributed by atoms with van der Waals surface area (Å²) in [6.45, 7) is 9.29. The third-order valence-electron chi connectivity index (χ3n) is 6.63. The number of anilines is 6. The van der Waals surface area contributed by atoms with Crippen molar-refractivity contribution in [1.82, 2.24) is 9.97 Å². The van der Waals surface area contributed by atoms with Crippen LogP contribution >= 0.6 is 0 Å². The third kappa shape index (κ3) is 6.85. The summed E-state index contributed by atoms with van der Waals surface area (Å²) in [5.41, 5.74) is 3.62. The van der Waals surface area contributed by atoms with Gasteiger partial charge in [0.05, 0.1) is 29.7 Å². The molecule has 3 aromatic rings. The molecule has 218 valence electrons. The Labute approximate surface area is 239 Å². The van der Waals surface area contributed by atoms with Crippen LogP contribution in [0.4, 0.5) is 43.7 Å². The molecule has 2 heterocycles. The van der Waals surface area contributed by atoms with Gasteiger partial charge in [0.2, 0.25) is 5.95 Å². The van der Waals surface area contributed by atoms with Gasteiger partial charge in [0.1, 0.15) is 6.61 Å². The number of benzene rings is 2. The van der Waals surface area contributed by atoms with Gasteiger partial charge in [-0.15, -0.1) is 0 Å². The Morgan fingerprint density at radius 1 is 1.15 bits per heavy atom. The highest BCUT2D eigenvalue weighted by molar-refractivity contribution is 7.95. The third-order valence-corrected chi connectivity index (χ3v) is 7.57. The fourth-order valence-electron chi connectivity index (χ4n) is 4.33. The molecule has 1 aliphatic rings. The van der Waals surface area contributed by atoms with Gasteiger partial charge in [0.15, 0.2) is 11.6 Å². The Kier molecular flexibility index (Phi) is 8.66. The zero-order chi connectivity index (χ0) is 29.9. The Morgan fingerprint density at radius 3 is 2.46 bits per heavy atom. The first-order chi connectivity index (χ1) is 19.4. The van der Waals surface area contributed by atoms with Crippen LogP contribution in [0.3, 0.4) is 0 Å². The summed E-state index contributed by atoms with van der Waals surface area (Å²) in [6.07, 6.45) is 0.414. The Hall–Kier alpha value is -4.39. The smallest absolute Gasteiger partial charge is 0.416 e. The fourth-order valence-corrected chi connectivity index (χ4v) is 4.89. The van der Waals surface area contributed by atoms with Crippen LogP contribution in [0.2, 0.25) is 0 Å². The second-order valence-electron chi connectivity index (χ2n) is 10.2. The minimum absolute atomic E-state index is 0.0516. The quantitative estimate of drug-likeness (QED) is 0.269. The minimum Gasteiger partial charge on any atom is -0.447 e. The Balaban J connectivity index is 1.47. The highest BCUT2D eigenvalue weighted by atomic mass is 32.2. The van der Waals surface area contributed by atoms with Crippen molar-refractivity contribution in [2.75, 3.05) is 45.9 Å². The monoisotopic (exact) mass is 583 g/mol. The number of ether oxygens (including phenoxy) is 1. The molecule has 4 rings (SSSR count). The first-order valence-electron chi connectivity index (χ1n) is 13.0. The number of rotatable bonds is 11. The van der Waals surface area contributed by atoms with Crippen molar-refractivity contribution in [2.45, 2.75) is 32.9 Å². The maximum absolute atomic E-state index is 14.6. The largest absolute Gasteiger partial charge is 0.447 e. The molecule has 0 bridgehead atoms. The van der Waals surface area contributed by atoms with Crippen LogP contribution < -0.4 is 25.2 Å². The van der Waals surface area contributed by atoms with E-state index in [1.165, 1.54) is 4.90 Å². The summed E-state index contributed by atoms with van der Waals surface area (Å²) in [4.78, 5) is 23.7. The number of carbonyl (C=O) groups is 1. The van der Waals surface area contributed by atoms with E-state index in [-0.39, 0.29) is 36.4 Å². The van der Waals surface area contributed by atoms with Gasteiger partial charge in [-0.2, -0.15) is 4.98 Å². The van der Waals surface area contributed by atoms with Crippen molar-refractivity contribution < 1.29 is 22.3 Å². The van der Waals surface area contributed by atoms with Gasteiger partial charge in [0, 0.05) is 30.9 Å². The Morgan fingerprint density at radius 2 is 1.83 bits per heavy atom. The lowest BCUT2D eigenvalue weighted by atomic mass is 10.0. The zero-order valence-corrected chi connectivity index (χ0v) is 24.4. The maximum Gasteiger partial charge on any atom is 0.416 e. The van der Waals surface area contributed by atoms with Gasteiger partial charge >= 0.3 is 6.09 Å². The van der Waals surface area contributed by atoms with Gasteiger partial charge in [-0.05, 0) is 48.7 Å². The number of amides is 1. The molecule has 0 unspecified atom stereocenters. The molecule has 0 radical (unpaired) electrons. The minimum atomic E-state index is -3.64. The maximum atomic E-state index is 14.6. The van der Waals surface area contributed by atoms with E-state index in [4.69, 9.17) is 4.74 Å². The first-order valence-corrected chi connectivity index (χ1v) is 14.5. The topological polar surface area (TPSA) is 129 Å². The summed E-state index contributed by atoms with van der Waals surface area (Å²) in [5.74, 6) is -0.583. The van der Waals surface area contributed by atoms with Gasteiger partial charge in [-0.1, -0.05) is 32.6 Å². The van der Waals surface area contributed by atoms with Crippen molar-refractivity contribution in [3.8, 4) is 0 Å². The van der Waals surface area contributed by atoms with Crippen molar-refractivity contribution in [2.24, 2.45) is 5.92 Å². The molecule has 2 aromatic carbocycles. The number of nitrogens with zero attached hydrogens (tertiary/aromatic N) is 4. The number of cyclic esters (lactones) is 1. The molecule has 1 amide bonds. The van der Waals surface area contributed by atoms with Crippen LogP contribution in [0.1, 0.15) is 32.4 Å². The number of hydrogen-bond donors (Lipinski definition) is 3. The Bertz CT molecular complexity index is 1530. The van der Waals surface area contributed by atoms with E-state index >= 15 is 0 Å². The average Bonchev–Trinajstić information content (AvgIpc) is 3.32. The van der Waals surface area contributed by atoms with Crippen molar-refractivity contribution in [3.05, 3.63) is 72.0 Å². The summed E-state index contributed by atoms with van der Waals surface area (Å²) in [5, 5.41) is 7.36. The molecule has 1 aromatic heterocycles. The van der Waals surface area contributed by atoms with E-state index in [0.29, 0.717) is 11.4 Å². The molecule has 0 saturated carbocycles. The molecule has 1 saturated heterocycles. The predicted molar refractivity (Wildman–Crippen MR) is 160 cm³/mol. The number of nitrogens with one attached hydrogen (secondary N) is 3. The van der Waals surface area contributed by atoms with Crippen LogP contribution in [-0.2, 0) is 14.8 Å². The number of halogens is 1. The molecule has 2 atom stereocenters. The zero-order valence-electron chi connectivity index (χ0n) is 23.6. The summed E-state index contributed by atoms with van der Waals surface area (Å²) in [7, 11) is -0.00158. The number of sulfonamides is 1. The van der Waals surface area contributed by atoms with Crippen molar-refractivity contribution in [1.29, 1.82) is 0 Å². The van der Waals surface area contributed by atoms with E-state index in [9.17, 15) is 17.6 Å². The van der Waals surface area contributed by atoms with Crippen molar-refractivity contribution in [3.63, 3.8) is 0 Å². The lowest BCUT2D eigenvalue weighted by Crippen LogP contribution is -2.38. The molecular weight excluding hydrogens is 549 g/mol. The summed E-state index contributed by atoms with van der Waals surface area (Å²) in [6, 6.07) is 12.4. The lowest BCUT2D eigenvalue weighted by molar-refractivity contribution is 0.177. The number of aromatic nitrogens is 2. The van der Waals surface area contributed by atoms with Crippen LogP contribution in [0.25, 0.3) is 0 Å². The van der Waals surface area contributed by atoms with Gasteiger partial charge in [0.25, 0.3) is 10.0 Å². The standard InChI is InChI=1S/C28H34FN7O4S/c1-7-41(38,39)34-23-13-12-21(14-24(23)35(5)6)32-20-10-8-19(9-11-20)18(4)31-27-30-15-22(29)26(33-27)36-25(17(2)3)16-40-28(36)37/h7-15,17-18,25,32,34H,1,16H2,2-6H3,(H,30,31,33)/t18-,25+/m0/s1. The molecule has 13 heteroatoms. The molecule has 0 spiro atoms. The molecular formula is C28H34FN7O4S. The van der Waals surface area contributed by atoms with E-state index in [0.717, 1.165) is 28.5 Å². The van der Waals surface area contributed by atoms with E-state index in [1.807, 2.05) is 65.2 Å². The van der Waals surface area contributed by atoms with E-state index in [2.05, 4.69) is 31.9 Å². The highest BCUT2D eigenvalue weighted by Gasteiger charge is 2.38. The first kappa shape index (κ1) is 29.6. The van der Waals surface area contributed by atoms with Crippen LogP contribution in [-0.4, -0.2) is 51.2 Å². The molecule has 11 nitrogen and oxygen atoms in total. The van der Waals surface area contributed by atoms with Gasteiger partial charge in [-0.25, -0.2) is 22.6 Å². The number of hydrogen-bond acceptors (Lipinski definition) is 9. The van der Waals surface area contributed by atoms with Crippen LogP contribution in [0.5, 0.6) is 0 Å². The normalized spacial score (nSPS) is 15.8. The number of carbonyl (C=O) groups excluding carboxylic acids is 1. The SMILES string of the molecule is C=CS(=O)(=O)Nc1ccc(Nc2ccc([C@H](C)Nc3ncc(F)c(N4C(=O)OC[C@@H]4C(C)C)n3)cc2)cc1N(C)C. The summed E-state index contributed by atoms with van der Waals surface area (Å²) >= 11 is 0. The van der Waals surface area contributed by atoms with Crippen LogP contribution in [0, 0.1) is 11.7 Å². The molecule has 1 aliphatic heterocycles. The predicted octanol–water partition coefficient (Wildman–Crippen LogP) is 5.46. The van der Waals surface area contributed by atoms with E-state index in [1.54, 1.807) is 17.0 Å². The van der Waals surface area contributed by atoms with E-state index < -0.39 is 21.9 Å². The molecule has 0 aliphatic carbocycles. The molecule has 1 fully saturated rings. The average molecular weight is 584 g/mol. The highest BCUT2D eigenvalue weighted by Crippen LogP contribution is 2.32. The fraction of sp³-hybridized carbons (Fsp3) is 0.321. The molecule has 41 heavy (non-hydrogen) atoms. The lowest BCUT2D eigenvalue weighted by Gasteiger charge is -2.24. The van der Waals surface area contributed by atoms with Crippen LogP contribution in [0.15, 0.2) is 60.6 Å². The van der Waals surface area contributed by atoms with Crippen molar-refractivity contribution >= 4 is 50.6 Å². The van der Waals surface area contributed by atoms with Gasteiger partial charge < -0.3 is 20.3 Å². The second kappa shape index (κ2) is 12.0. The second-order valence-corrected chi connectivity index (χ2v) is 11.8. The summed E-state index contributed by atoms with van der Waals surface area (Å²) < 4.78 is 46.2. The molecule has 3 N–H and O–H groups in total. The van der Waals surface area contributed by atoms with Gasteiger partial charge in [-0.3, -0.25) is 9.62 Å².